The summed E-state index contributed by atoms with van der Waals surface area (Å²) in [5.74, 6) is 0.685. The molecular weight excluding hydrogens is 174 g/mol. The number of nitrogens with one attached hydrogen (secondary N) is 1. The van der Waals surface area contributed by atoms with Gasteiger partial charge in [-0.15, -0.1) is 0 Å². The zero-order chi connectivity index (χ0) is 10.4. The van der Waals surface area contributed by atoms with E-state index in [0.29, 0.717) is 5.92 Å². The Morgan fingerprint density at radius 2 is 2.21 bits per heavy atom. The van der Waals surface area contributed by atoms with Crippen LogP contribution in [0.5, 0.6) is 0 Å². The predicted octanol–water partition coefficient (Wildman–Crippen LogP) is 2.09. The van der Waals surface area contributed by atoms with Crippen LogP contribution in [0, 0.1) is 5.92 Å². The highest BCUT2D eigenvalue weighted by Gasteiger charge is 2.19. The number of hydrogen-bond acceptors (Lipinski definition) is 2. The molecule has 1 fully saturated rings. The molecule has 1 saturated carbocycles. The van der Waals surface area contributed by atoms with Crippen LogP contribution in [0.3, 0.4) is 0 Å². The van der Waals surface area contributed by atoms with Crippen molar-refractivity contribution in [3.63, 3.8) is 0 Å². The molecule has 2 heteroatoms. The normalized spacial score (nSPS) is 27.4. The maximum absolute atomic E-state index is 9.48. The quantitative estimate of drug-likeness (QED) is 0.534. The Bertz CT molecular complexity index is 185. The van der Waals surface area contributed by atoms with E-state index in [9.17, 15) is 5.11 Å². The van der Waals surface area contributed by atoms with Gasteiger partial charge in [-0.1, -0.05) is 18.1 Å². The van der Waals surface area contributed by atoms with E-state index in [1.807, 2.05) is 0 Å². The first kappa shape index (κ1) is 11.7. The van der Waals surface area contributed by atoms with Crippen molar-refractivity contribution in [2.24, 2.45) is 5.92 Å². The fraction of sp³-hybridized carbons (Fsp3) is 0.833. The molecule has 0 amide bonds. The lowest BCUT2D eigenvalue weighted by Crippen LogP contribution is -2.29. The molecule has 0 saturated heterocycles. The van der Waals surface area contributed by atoms with Crippen molar-refractivity contribution in [3.05, 3.63) is 11.6 Å². The minimum absolute atomic E-state index is 0.0426. The first-order chi connectivity index (χ1) is 6.68. The zero-order valence-electron chi connectivity index (χ0n) is 9.42. The van der Waals surface area contributed by atoms with Gasteiger partial charge in [0.05, 0.1) is 6.10 Å². The molecule has 2 N–H and O–H groups in total. The standard InChI is InChI=1S/C12H23NO/c1-10(2)6-7-13-9-11-4-3-5-12(14)8-11/h6,11-14H,3-5,7-9H2,1-2H3. The molecule has 0 aromatic heterocycles. The maximum Gasteiger partial charge on any atom is 0.0543 e. The van der Waals surface area contributed by atoms with Gasteiger partial charge in [-0.2, -0.15) is 0 Å². The van der Waals surface area contributed by atoms with Gasteiger partial charge in [0.15, 0.2) is 0 Å². The van der Waals surface area contributed by atoms with Crippen molar-refractivity contribution in [1.82, 2.24) is 5.32 Å². The molecule has 82 valence electrons. The number of aliphatic hydroxyl groups is 1. The minimum Gasteiger partial charge on any atom is -0.393 e. The van der Waals surface area contributed by atoms with E-state index in [2.05, 4.69) is 25.2 Å². The largest absolute Gasteiger partial charge is 0.393 e. The van der Waals surface area contributed by atoms with Crippen LogP contribution in [0.15, 0.2) is 11.6 Å². The summed E-state index contributed by atoms with van der Waals surface area (Å²) in [6.45, 7) is 6.26. The zero-order valence-corrected chi connectivity index (χ0v) is 9.42. The SMILES string of the molecule is CC(C)=CCNCC1CCCC(O)C1. The summed E-state index contributed by atoms with van der Waals surface area (Å²) < 4.78 is 0. The van der Waals surface area contributed by atoms with Crippen molar-refractivity contribution in [1.29, 1.82) is 0 Å². The smallest absolute Gasteiger partial charge is 0.0543 e. The van der Waals surface area contributed by atoms with E-state index >= 15 is 0 Å². The molecule has 0 spiro atoms. The van der Waals surface area contributed by atoms with Gasteiger partial charge in [0.1, 0.15) is 0 Å². The van der Waals surface area contributed by atoms with Crippen molar-refractivity contribution in [2.45, 2.75) is 45.6 Å². The second-order valence-electron chi connectivity index (χ2n) is 4.63. The van der Waals surface area contributed by atoms with Crippen LogP contribution in [-0.2, 0) is 0 Å². The molecule has 2 atom stereocenters. The van der Waals surface area contributed by atoms with Gasteiger partial charge >= 0.3 is 0 Å². The van der Waals surface area contributed by atoms with Gasteiger partial charge in [-0.25, -0.2) is 0 Å². The first-order valence-corrected chi connectivity index (χ1v) is 5.70. The Kier molecular flexibility index (Phi) is 5.20. The van der Waals surface area contributed by atoms with Crippen LogP contribution in [0.25, 0.3) is 0 Å². The van der Waals surface area contributed by atoms with Gasteiger partial charge in [0.2, 0.25) is 0 Å². The maximum atomic E-state index is 9.48. The van der Waals surface area contributed by atoms with Crippen molar-refractivity contribution >= 4 is 0 Å². The highest BCUT2D eigenvalue weighted by atomic mass is 16.3. The van der Waals surface area contributed by atoms with Crippen molar-refractivity contribution in [2.75, 3.05) is 13.1 Å². The highest BCUT2D eigenvalue weighted by molar-refractivity contribution is 4.94. The molecule has 2 unspecified atom stereocenters. The van der Waals surface area contributed by atoms with Crippen LogP contribution < -0.4 is 5.32 Å². The summed E-state index contributed by atoms with van der Waals surface area (Å²) in [7, 11) is 0. The number of aliphatic hydroxyl groups excluding tert-OH is 1. The predicted molar refractivity (Wildman–Crippen MR) is 60.3 cm³/mol. The molecule has 1 rings (SSSR count). The second-order valence-corrected chi connectivity index (χ2v) is 4.63. The van der Waals surface area contributed by atoms with Crippen LogP contribution in [-0.4, -0.2) is 24.3 Å². The minimum atomic E-state index is -0.0426. The summed E-state index contributed by atoms with van der Waals surface area (Å²) in [6.07, 6.45) is 6.62. The summed E-state index contributed by atoms with van der Waals surface area (Å²) in [4.78, 5) is 0. The molecule has 0 aliphatic heterocycles. The lowest BCUT2D eigenvalue weighted by molar-refractivity contribution is 0.101. The average molecular weight is 197 g/mol. The highest BCUT2D eigenvalue weighted by Crippen LogP contribution is 2.23. The number of rotatable bonds is 4. The summed E-state index contributed by atoms with van der Waals surface area (Å²) >= 11 is 0. The number of hydrogen-bond donors (Lipinski definition) is 2. The lowest BCUT2D eigenvalue weighted by atomic mass is 9.87. The molecular formula is C12H23NO. The third kappa shape index (κ3) is 4.77. The van der Waals surface area contributed by atoms with Gasteiger partial charge in [-0.3, -0.25) is 0 Å². The van der Waals surface area contributed by atoms with E-state index in [4.69, 9.17) is 0 Å². The molecule has 0 heterocycles. The van der Waals surface area contributed by atoms with Crippen LogP contribution in [0.1, 0.15) is 39.5 Å². The van der Waals surface area contributed by atoms with E-state index in [0.717, 1.165) is 25.9 Å². The lowest BCUT2D eigenvalue weighted by Gasteiger charge is -2.25. The van der Waals surface area contributed by atoms with Gasteiger partial charge < -0.3 is 10.4 Å². The fourth-order valence-electron chi connectivity index (χ4n) is 2.01. The Morgan fingerprint density at radius 3 is 2.86 bits per heavy atom. The van der Waals surface area contributed by atoms with Gasteiger partial charge in [0.25, 0.3) is 0 Å². The summed E-state index contributed by atoms with van der Waals surface area (Å²) in [5.41, 5.74) is 1.36. The van der Waals surface area contributed by atoms with Crippen molar-refractivity contribution < 1.29 is 5.11 Å². The average Bonchev–Trinajstić information content (AvgIpc) is 2.12. The van der Waals surface area contributed by atoms with E-state index in [-0.39, 0.29) is 6.10 Å². The van der Waals surface area contributed by atoms with Gasteiger partial charge in [-0.05, 0) is 45.6 Å². The van der Waals surface area contributed by atoms with Gasteiger partial charge in [0, 0.05) is 6.54 Å². The van der Waals surface area contributed by atoms with Crippen molar-refractivity contribution in [3.8, 4) is 0 Å². The fourth-order valence-corrected chi connectivity index (χ4v) is 2.01. The molecule has 0 bridgehead atoms. The summed E-state index contributed by atoms with van der Waals surface area (Å²) in [6, 6.07) is 0. The Balaban J connectivity index is 2.09. The molecule has 0 aromatic carbocycles. The third-order valence-corrected chi connectivity index (χ3v) is 2.84. The second kappa shape index (κ2) is 6.20. The third-order valence-electron chi connectivity index (χ3n) is 2.84. The van der Waals surface area contributed by atoms with E-state index in [1.54, 1.807) is 0 Å². The molecule has 0 aromatic rings. The molecule has 2 nitrogen and oxygen atoms in total. The topological polar surface area (TPSA) is 32.3 Å². The summed E-state index contributed by atoms with van der Waals surface area (Å²) in [5, 5.41) is 12.9. The number of allylic oxidation sites excluding steroid dienone is 1. The van der Waals surface area contributed by atoms with E-state index < -0.39 is 0 Å². The Hall–Kier alpha value is -0.340. The molecule has 1 aliphatic carbocycles. The Labute approximate surface area is 87.4 Å². The molecule has 14 heavy (non-hydrogen) atoms. The molecule has 1 aliphatic rings. The molecule has 0 radical (unpaired) electrons. The first-order valence-electron chi connectivity index (χ1n) is 5.70. The van der Waals surface area contributed by atoms with Crippen LogP contribution in [0.4, 0.5) is 0 Å². The van der Waals surface area contributed by atoms with Crippen LogP contribution in [0.2, 0.25) is 0 Å². The monoisotopic (exact) mass is 197 g/mol. The van der Waals surface area contributed by atoms with Crippen LogP contribution >= 0.6 is 0 Å². The Morgan fingerprint density at radius 1 is 1.43 bits per heavy atom. The van der Waals surface area contributed by atoms with E-state index in [1.165, 1.54) is 18.4 Å².